The van der Waals surface area contributed by atoms with Gasteiger partial charge in [0.1, 0.15) is 6.54 Å². The fraction of sp³-hybridized carbons (Fsp3) is 0.545. The molecule has 3 rings (SSSR count). The fourth-order valence-electron chi connectivity index (χ4n) is 3.37. The van der Waals surface area contributed by atoms with Crippen LogP contribution in [0.3, 0.4) is 0 Å². The summed E-state index contributed by atoms with van der Waals surface area (Å²) in [4.78, 5) is 27.1. The SMILES string of the molecule is CC(C)(C)C(=O)Cn1cc(C(=O)NCc2ccccc2CN2CCCCC2)nn1. The Morgan fingerprint density at radius 3 is 2.45 bits per heavy atom. The second kappa shape index (κ2) is 9.31. The van der Waals surface area contributed by atoms with Crippen LogP contribution in [0.2, 0.25) is 0 Å². The number of ketones is 1. The fourth-order valence-corrected chi connectivity index (χ4v) is 3.37. The van der Waals surface area contributed by atoms with Crippen LogP contribution < -0.4 is 5.32 Å². The minimum atomic E-state index is -0.452. The zero-order valence-electron chi connectivity index (χ0n) is 17.6. The van der Waals surface area contributed by atoms with E-state index in [0.29, 0.717) is 6.54 Å². The molecule has 1 N–H and O–H groups in total. The van der Waals surface area contributed by atoms with Crippen LogP contribution in [0.4, 0.5) is 0 Å². The van der Waals surface area contributed by atoms with Gasteiger partial charge in [-0.2, -0.15) is 0 Å². The molecule has 0 unspecified atom stereocenters. The van der Waals surface area contributed by atoms with Crippen molar-refractivity contribution in [3.8, 4) is 0 Å². The van der Waals surface area contributed by atoms with Crippen molar-refractivity contribution in [1.82, 2.24) is 25.2 Å². The average molecular weight is 398 g/mol. The Morgan fingerprint density at radius 1 is 1.07 bits per heavy atom. The van der Waals surface area contributed by atoms with Crippen LogP contribution in [0.15, 0.2) is 30.5 Å². The molecule has 29 heavy (non-hydrogen) atoms. The number of carbonyl (C=O) groups is 2. The number of amides is 1. The maximum atomic E-state index is 12.5. The molecule has 2 heterocycles. The summed E-state index contributed by atoms with van der Waals surface area (Å²) in [6, 6.07) is 8.22. The number of aromatic nitrogens is 3. The molecule has 1 aliphatic heterocycles. The monoisotopic (exact) mass is 397 g/mol. The van der Waals surface area contributed by atoms with E-state index < -0.39 is 5.41 Å². The number of likely N-dealkylation sites (tertiary alicyclic amines) is 1. The third-order valence-electron chi connectivity index (χ3n) is 5.31. The van der Waals surface area contributed by atoms with E-state index in [0.717, 1.165) is 25.2 Å². The van der Waals surface area contributed by atoms with Crippen molar-refractivity contribution in [2.24, 2.45) is 5.41 Å². The van der Waals surface area contributed by atoms with Crippen LogP contribution in [-0.4, -0.2) is 44.7 Å². The zero-order chi connectivity index (χ0) is 20.9. The molecular formula is C22H31N5O2. The minimum Gasteiger partial charge on any atom is -0.347 e. The molecule has 1 aromatic heterocycles. The van der Waals surface area contributed by atoms with E-state index in [2.05, 4.69) is 32.7 Å². The molecule has 0 spiro atoms. The normalized spacial score (nSPS) is 15.3. The number of carbonyl (C=O) groups excluding carboxylic acids is 2. The Balaban J connectivity index is 1.58. The molecule has 0 radical (unpaired) electrons. The Labute approximate surface area is 172 Å². The van der Waals surface area contributed by atoms with Gasteiger partial charge in [-0.15, -0.1) is 5.10 Å². The number of rotatable bonds is 7. The molecule has 156 valence electrons. The summed E-state index contributed by atoms with van der Waals surface area (Å²) in [5, 5.41) is 10.8. The van der Waals surface area contributed by atoms with Gasteiger partial charge >= 0.3 is 0 Å². The highest BCUT2D eigenvalue weighted by molar-refractivity contribution is 5.92. The van der Waals surface area contributed by atoms with Crippen molar-refractivity contribution >= 4 is 11.7 Å². The predicted octanol–water partition coefficient (Wildman–Crippen LogP) is 2.81. The van der Waals surface area contributed by atoms with Gasteiger partial charge in [0.2, 0.25) is 0 Å². The first kappa shape index (κ1) is 21.2. The standard InChI is InChI=1S/C22H31N5O2/c1-22(2,3)20(28)16-27-15-19(24-25-27)21(29)23-13-17-9-5-6-10-18(17)14-26-11-7-4-8-12-26/h5-6,9-10,15H,4,7-8,11-14,16H2,1-3H3,(H,23,29). The first-order chi connectivity index (χ1) is 13.8. The molecule has 1 saturated heterocycles. The van der Waals surface area contributed by atoms with Crippen LogP contribution in [-0.2, 0) is 24.4 Å². The van der Waals surface area contributed by atoms with Crippen LogP contribution >= 0.6 is 0 Å². The number of benzene rings is 1. The van der Waals surface area contributed by atoms with Crippen molar-refractivity contribution in [2.75, 3.05) is 13.1 Å². The van der Waals surface area contributed by atoms with Gasteiger partial charge in [0.25, 0.3) is 5.91 Å². The minimum absolute atomic E-state index is 0.0426. The van der Waals surface area contributed by atoms with Gasteiger partial charge in [-0.3, -0.25) is 14.5 Å². The zero-order valence-corrected chi connectivity index (χ0v) is 17.6. The van der Waals surface area contributed by atoms with E-state index in [-0.39, 0.29) is 23.9 Å². The lowest BCUT2D eigenvalue weighted by molar-refractivity contribution is -0.127. The number of nitrogens with zero attached hydrogens (tertiary/aromatic N) is 4. The molecule has 7 heteroatoms. The third-order valence-corrected chi connectivity index (χ3v) is 5.31. The van der Waals surface area contributed by atoms with Crippen molar-refractivity contribution in [1.29, 1.82) is 0 Å². The Kier molecular flexibility index (Phi) is 6.79. The molecular weight excluding hydrogens is 366 g/mol. The molecule has 1 amide bonds. The second-order valence-electron chi connectivity index (χ2n) is 8.76. The van der Waals surface area contributed by atoms with E-state index in [4.69, 9.17) is 0 Å². The predicted molar refractivity (Wildman–Crippen MR) is 111 cm³/mol. The lowest BCUT2D eigenvalue weighted by Crippen LogP contribution is -2.30. The maximum absolute atomic E-state index is 12.5. The number of hydrogen-bond acceptors (Lipinski definition) is 5. The number of piperidine rings is 1. The smallest absolute Gasteiger partial charge is 0.273 e. The summed E-state index contributed by atoms with van der Waals surface area (Å²) < 4.78 is 1.42. The highest BCUT2D eigenvalue weighted by Gasteiger charge is 2.22. The number of hydrogen-bond donors (Lipinski definition) is 1. The van der Waals surface area contributed by atoms with E-state index in [1.165, 1.54) is 35.7 Å². The maximum Gasteiger partial charge on any atom is 0.273 e. The van der Waals surface area contributed by atoms with E-state index in [9.17, 15) is 9.59 Å². The third kappa shape index (κ3) is 5.97. The summed E-state index contributed by atoms with van der Waals surface area (Å²) >= 11 is 0. The summed E-state index contributed by atoms with van der Waals surface area (Å²) in [7, 11) is 0. The topological polar surface area (TPSA) is 80.1 Å². The van der Waals surface area contributed by atoms with Crippen LogP contribution in [0.5, 0.6) is 0 Å². The molecule has 2 aromatic rings. The summed E-state index contributed by atoms with van der Waals surface area (Å²) in [5.41, 5.74) is 2.13. The molecule has 0 atom stereocenters. The molecule has 0 saturated carbocycles. The molecule has 1 fully saturated rings. The van der Waals surface area contributed by atoms with Gasteiger partial charge in [-0.25, -0.2) is 4.68 Å². The Hall–Kier alpha value is -2.54. The number of Topliss-reactive ketones (excluding diaryl/α,β-unsaturated/α-hetero) is 1. The highest BCUT2D eigenvalue weighted by atomic mass is 16.2. The van der Waals surface area contributed by atoms with Crippen LogP contribution in [0, 0.1) is 5.41 Å². The lowest BCUT2D eigenvalue weighted by Gasteiger charge is -2.27. The van der Waals surface area contributed by atoms with Crippen molar-refractivity contribution in [3.63, 3.8) is 0 Å². The molecule has 1 aromatic carbocycles. The average Bonchev–Trinajstić information content (AvgIpc) is 3.16. The second-order valence-corrected chi connectivity index (χ2v) is 8.76. The number of nitrogens with one attached hydrogen (secondary N) is 1. The Morgan fingerprint density at radius 2 is 1.76 bits per heavy atom. The van der Waals surface area contributed by atoms with Gasteiger partial charge in [0.05, 0.1) is 6.20 Å². The Bertz CT molecular complexity index is 847. The largest absolute Gasteiger partial charge is 0.347 e. The molecule has 7 nitrogen and oxygen atoms in total. The highest BCUT2D eigenvalue weighted by Crippen LogP contribution is 2.17. The summed E-state index contributed by atoms with van der Waals surface area (Å²) in [6.07, 6.45) is 5.35. The van der Waals surface area contributed by atoms with E-state index >= 15 is 0 Å². The van der Waals surface area contributed by atoms with Crippen molar-refractivity contribution < 1.29 is 9.59 Å². The molecule has 1 aliphatic rings. The lowest BCUT2D eigenvalue weighted by atomic mass is 9.91. The van der Waals surface area contributed by atoms with Gasteiger partial charge < -0.3 is 5.32 Å². The molecule has 0 bridgehead atoms. The van der Waals surface area contributed by atoms with Crippen LogP contribution in [0.25, 0.3) is 0 Å². The summed E-state index contributed by atoms with van der Waals surface area (Å²) in [6.45, 7) is 9.33. The first-order valence-corrected chi connectivity index (χ1v) is 10.3. The van der Waals surface area contributed by atoms with Crippen molar-refractivity contribution in [2.45, 2.75) is 59.7 Å². The van der Waals surface area contributed by atoms with Gasteiger partial charge in [-0.1, -0.05) is 56.7 Å². The van der Waals surface area contributed by atoms with E-state index in [1.807, 2.05) is 32.9 Å². The van der Waals surface area contributed by atoms with Gasteiger partial charge in [0.15, 0.2) is 11.5 Å². The van der Waals surface area contributed by atoms with Crippen LogP contribution in [0.1, 0.15) is 61.6 Å². The molecule has 0 aliphatic carbocycles. The van der Waals surface area contributed by atoms with Gasteiger partial charge in [-0.05, 0) is 37.1 Å². The van der Waals surface area contributed by atoms with Gasteiger partial charge in [0, 0.05) is 18.5 Å². The van der Waals surface area contributed by atoms with Crippen molar-refractivity contribution in [3.05, 3.63) is 47.3 Å². The van der Waals surface area contributed by atoms with E-state index in [1.54, 1.807) is 0 Å². The quantitative estimate of drug-likeness (QED) is 0.777. The summed E-state index contributed by atoms with van der Waals surface area (Å²) in [5.74, 6) is -0.242. The first-order valence-electron chi connectivity index (χ1n) is 10.3.